The maximum atomic E-state index is 10.8. The van der Waals surface area contributed by atoms with Gasteiger partial charge in [0.1, 0.15) is 15.6 Å². The molecule has 6 heteroatoms. The van der Waals surface area contributed by atoms with E-state index in [0.29, 0.717) is 22.1 Å². The molecule has 5 nitrogen and oxygen atoms in total. The van der Waals surface area contributed by atoms with Crippen molar-refractivity contribution in [3.8, 4) is 5.75 Å². The van der Waals surface area contributed by atoms with E-state index in [9.17, 15) is 4.79 Å². The fraction of sp³-hybridized carbons (Fsp3) is 0.0667. The van der Waals surface area contributed by atoms with E-state index in [-0.39, 0.29) is 4.88 Å². The lowest BCUT2D eigenvalue weighted by Crippen LogP contribution is -1.89. The highest BCUT2D eigenvalue weighted by Crippen LogP contribution is 2.29. The number of furan rings is 1. The first-order chi connectivity index (χ1) is 10.2. The number of ether oxygens (including phenoxy) is 1. The SMILES string of the molecule is COc1cccc2cc(/C=C/c3ncc(C(=O)O)s3)oc12. The summed E-state index contributed by atoms with van der Waals surface area (Å²) >= 11 is 1.11. The number of carboxylic acid groups (broad SMARTS) is 1. The molecule has 0 amide bonds. The quantitative estimate of drug-likeness (QED) is 0.794. The lowest BCUT2D eigenvalue weighted by molar-refractivity contribution is 0.0702. The Kier molecular flexibility index (Phi) is 3.45. The van der Waals surface area contributed by atoms with Crippen molar-refractivity contribution in [2.24, 2.45) is 0 Å². The van der Waals surface area contributed by atoms with Gasteiger partial charge in [-0.3, -0.25) is 0 Å². The zero-order chi connectivity index (χ0) is 14.8. The Bertz CT molecular complexity index is 831. The van der Waals surface area contributed by atoms with Crippen molar-refractivity contribution in [3.63, 3.8) is 0 Å². The molecule has 0 unspecified atom stereocenters. The molecular weight excluding hydrogens is 290 g/mol. The standard InChI is InChI=1S/C15H11NO4S/c1-19-11-4-2-3-9-7-10(20-14(9)11)5-6-13-16-8-12(21-13)15(17)18/h2-8H,1H3,(H,17,18)/b6-5+. The van der Waals surface area contributed by atoms with Gasteiger partial charge in [-0.1, -0.05) is 12.1 Å². The first kappa shape index (κ1) is 13.4. The molecular formula is C15H11NO4S. The fourth-order valence-corrected chi connectivity index (χ4v) is 2.58. The summed E-state index contributed by atoms with van der Waals surface area (Å²) in [7, 11) is 1.59. The minimum atomic E-state index is -0.972. The molecule has 0 spiro atoms. The third-order valence-corrected chi connectivity index (χ3v) is 3.82. The van der Waals surface area contributed by atoms with Crippen LogP contribution in [0.15, 0.2) is 34.9 Å². The third-order valence-electron chi connectivity index (χ3n) is 2.87. The van der Waals surface area contributed by atoms with Crippen LogP contribution in [0.1, 0.15) is 20.4 Å². The summed E-state index contributed by atoms with van der Waals surface area (Å²) in [5.41, 5.74) is 0.685. The second-order valence-corrected chi connectivity index (χ2v) is 5.29. The van der Waals surface area contributed by atoms with Crippen LogP contribution in [0.3, 0.4) is 0 Å². The maximum Gasteiger partial charge on any atom is 0.347 e. The molecule has 3 aromatic rings. The first-order valence-electron chi connectivity index (χ1n) is 6.11. The van der Waals surface area contributed by atoms with Crippen LogP contribution in [-0.2, 0) is 0 Å². The highest BCUT2D eigenvalue weighted by Gasteiger charge is 2.08. The molecule has 2 heterocycles. The molecule has 1 N–H and O–H groups in total. The van der Waals surface area contributed by atoms with Crippen molar-refractivity contribution in [3.05, 3.63) is 46.1 Å². The van der Waals surface area contributed by atoms with Gasteiger partial charge >= 0.3 is 5.97 Å². The number of carboxylic acids is 1. The number of hydrogen-bond donors (Lipinski definition) is 1. The number of nitrogens with zero attached hydrogens (tertiary/aromatic N) is 1. The zero-order valence-corrected chi connectivity index (χ0v) is 11.9. The van der Waals surface area contributed by atoms with Gasteiger partial charge in [0.15, 0.2) is 11.3 Å². The van der Waals surface area contributed by atoms with Gasteiger partial charge < -0.3 is 14.3 Å². The van der Waals surface area contributed by atoms with E-state index in [0.717, 1.165) is 16.7 Å². The minimum absolute atomic E-state index is 0.209. The Morgan fingerprint density at radius 2 is 2.29 bits per heavy atom. The van der Waals surface area contributed by atoms with Crippen molar-refractivity contribution < 1.29 is 19.1 Å². The summed E-state index contributed by atoms with van der Waals surface area (Å²) in [6.45, 7) is 0. The van der Waals surface area contributed by atoms with E-state index in [1.165, 1.54) is 6.20 Å². The van der Waals surface area contributed by atoms with E-state index in [4.69, 9.17) is 14.3 Å². The number of benzene rings is 1. The zero-order valence-electron chi connectivity index (χ0n) is 11.1. The highest BCUT2D eigenvalue weighted by atomic mass is 32.1. The molecule has 0 aliphatic carbocycles. The molecule has 0 fully saturated rings. The monoisotopic (exact) mass is 301 g/mol. The van der Waals surface area contributed by atoms with E-state index >= 15 is 0 Å². The number of carbonyl (C=O) groups is 1. The van der Waals surface area contributed by atoms with E-state index in [2.05, 4.69) is 4.98 Å². The Balaban J connectivity index is 1.90. The average molecular weight is 301 g/mol. The smallest absolute Gasteiger partial charge is 0.347 e. The number of methoxy groups -OCH3 is 1. The summed E-state index contributed by atoms with van der Waals surface area (Å²) in [6.07, 6.45) is 4.82. The van der Waals surface area contributed by atoms with Crippen LogP contribution in [0.25, 0.3) is 23.1 Å². The molecule has 0 saturated heterocycles. The lowest BCUT2D eigenvalue weighted by atomic mass is 10.2. The molecule has 0 aliphatic rings. The summed E-state index contributed by atoms with van der Waals surface area (Å²) in [5.74, 6) is 0.358. The molecule has 0 saturated carbocycles. The van der Waals surface area contributed by atoms with Crippen LogP contribution in [-0.4, -0.2) is 23.2 Å². The minimum Gasteiger partial charge on any atom is -0.493 e. The van der Waals surface area contributed by atoms with Crippen LogP contribution >= 0.6 is 11.3 Å². The van der Waals surface area contributed by atoms with Gasteiger partial charge in [0, 0.05) is 5.39 Å². The molecule has 0 bridgehead atoms. The molecule has 0 atom stereocenters. The number of hydrogen-bond acceptors (Lipinski definition) is 5. The fourth-order valence-electron chi connectivity index (χ4n) is 1.92. The molecule has 106 valence electrons. The second-order valence-electron chi connectivity index (χ2n) is 4.23. The van der Waals surface area contributed by atoms with Gasteiger partial charge in [0.2, 0.25) is 0 Å². The third kappa shape index (κ3) is 2.66. The van der Waals surface area contributed by atoms with Crippen LogP contribution in [0.4, 0.5) is 0 Å². The van der Waals surface area contributed by atoms with Crippen molar-refractivity contribution in [2.75, 3.05) is 7.11 Å². The predicted octanol–water partition coefficient (Wildman–Crippen LogP) is 3.77. The molecule has 2 aromatic heterocycles. The van der Waals surface area contributed by atoms with Gasteiger partial charge in [0.25, 0.3) is 0 Å². The molecule has 0 aliphatic heterocycles. The molecule has 0 radical (unpaired) electrons. The first-order valence-corrected chi connectivity index (χ1v) is 6.93. The summed E-state index contributed by atoms with van der Waals surface area (Å²) in [6, 6.07) is 7.55. The average Bonchev–Trinajstić information content (AvgIpc) is 3.10. The summed E-state index contributed by atoms with van der Waals surface area (Å²) in [4.78, 5) is 15.0. The Morgan fingerprint density at radius 1 is 1.43 bits per heavy atom. The van der Waals surface area contributed by atoms with Crippen molar-refractivity contribution >= 4 is 40.4 Å². The predicted molar refractivity (Wildman–Crippen MR) is 80.8 cm³/mol. The van der Waals surface area contributed by atoms with Gasteiger partial charge in [-0.25, -0.2) is 9.78 Å². The van der Waals surface area contributed by atoms with E-state index in [1.807, 2.05) is 24.3 Å². The van der Waals surface area contributed by atoms with Crippen LogP contribution in [0.5, 0.6) is 5.75 Å². The Morgan fingerprint density at radius 3 is 3.00 bits per heavy atom. The number of aromatic nitrogens is 1. The Hall–Kier alpha value is -2.60. The number of fused-ring (bicyclic) bond motifs is 1. The van der Waals surface area contributed by atoms with E-state index < -0.39 is 5.97 Å². The number of para-hydroxylation sites is 1. The van der Waals surface area contributed by atoms with Gasteiger partial charge in [-0.2, -0.15) is 0 Å². The van der Waals surface area contributed by atoms with Crippen LogP contribution in [0.2, 0.25) is 0 Å². The summed E-state index contributed by atoms with van der Waals surface area (Å²) < 4.78 is 11.0. The normalized spacial score (nSPS) is 11.3. The molecule has 21 heavy (non-hydrogen) atoms. The largest absolute Gasteiger partial charge is 0.493 e. The highest BCUT2D eigenvalue weighted by molar-refractivity contribution is 7.14. The van der Waals surface area contributed by atoms with Crippen molar-refractivity contribution in [1.29, 1.82) is 0 Å². The van der Waals surface area contributed by atoms with Gasteiger partial charge in [-0.15, -0.1) is 11.3 Å². The maximum absolute atomic E-state index is 10.8. The lowest BCUT2D eigenvalue weighted by Gasteiger charge is -1.98. The number of aromatic carboxylic acids is 1. The van der Waals surface area contributed by atoms with Crippen LogP contribution in [0, 0.1) is 0 Å². The number of thiazole rings is 1. The topological polar surface area (TPSA) is 72.6 Å². The van der Waals surface area contributed by atoms with E-state index in [1.54, 1.807) is 19.3 Å². The van der Waals surface area contributed by atoms with Crippen LogP contribution < -0.4 is 4.74 Å². The summed E-state index contributed by atoms with van der Waals surface area (Å²) in [5, 5.41) is 10.4. The van der Waals surface area contributed by atoms with Crippen molar-refractivity contribution in [2.45, 2.75) is 0 Å². The van der Waals surface area contributed by atoms with Gasteiger partial charge in [0.05, 0.1) is 13.3 Å². The molecule has 1 aromatic carbocycles. The Labute approximate surface area is 124 Å². The van der Waals surface area contributed by atoms with Crippen molar-refractivity contribution in [1.82, 2.24) is 4.98 Å². The molecule has 3 rings (SSSR count). The number of rotatable bonds is 4. The van der Waals surface area contributed by atoms with Gasteiger partial charge in [-0.05, 0) is 24.3 Å². The second kappa shape index (κ2) is 5.41.